The van der Waals surface area contributed by atoms with E-state index in [-0.39, 0.29) is 23.7 Å². The van der Waals surface area contributed by atoms with E-state index in [9.17, 15) is 9.59 Å². The fourth-order valence-electron chi connectivity index (χ4n) is 1.97. The molecular formula is C15H16N2O4. The minimum Gasteiger partial charge on any atom is -0.495 e. The Morgan fingerprint density at radius 3 is 2.43 bits per heavy atom. The van der Waals surface area contributed by atoms with Gasteiger partial charge in [-0.3, -0.25) is 9.59 Å². The van der Waals surface area contributed by atoms with Crippen LogP contribution < -0.4 is 15.2 Å². The van der Waals surface area contributed by atoms with Gasteiger partial charge < -0.3 is 15.2 Å². The minimum atomic E-state index is -0.273. The molecule has 6 heteroatoms. The average Bonchev–Trinajstić information content (AvgIpc) is 2.45. The quantitative estimate of drug-likeness (QED) is 0.857. The number of carbonyl (C=O) groups excluding carboxylic acids is 2. The lowest BCUT2D eigenvalue weighted by Gasteiger charge is -2.13. The number of methoxy groups -OCH3 is 2. The van der Waals surface area contributed by atoms with Crippen LogP contribution in [0.2, 0.25) is 0 Å². The Balaban J connectivity index is 2.50. The van der Waals surface area contributed by atoms with Gasteiger partial charge in [-0.1, -0.05) is 0 Å². The van der Waals surface area contributed by atoms with E-state index >= 15 is 0 Å². The molecule has 0 amide bonds. The molecule has 0 heterocycles. The maximum atomic E-state index is 11.9. The van der Waals surface area contributed by atoms with Crippen molar-refractivity contribution in [3.8, 4) is 11.5 Å². The van der Waals surface area contributed by atoms with Crippen molar-refractivity contribution in [3.05, 3.63) is 23.8 Å². The number of benzene rings is 1. The topological polar surface area (TPSA) is 91.0 Å². The molecule has 0 atom stereocenters. The van der Waals surface area contributed by atoms with Crippen molar-refractivity contribution in [2.24, 2.45) is 4.99 Å². The maximum Gasteiger partial charge on any atom is 0.200 e. The lowest BCUT2D eigenvalue weighted by Crippen LogP contribution is -2.23. The number of nitrogens with zero attached hydrogens (tertiary/aromatic N) is 1. The summed E-state index contributed by atoms with van der Waals surface area (Å²) in [4.78, 5) is 27.9. The van der Waals surface area contributed by atoms with Gasteiger partial charge in [-0.15, -0.1) is 0 Å². The summed E-state index contributed by atoms with van der Waals surface area (Å²) in [5.41, 5.74) is 7.21. The summed E-state index contributed by atoms with van der Waals surface area (Å²) in [7, 11) is 2.96. The van der Waals surface area contributed by atoms with Crippen LogP contribution in [0.25, 0.3) is 0 Å². The molecule has 6 nitrogen and oxygen atoms in total. The van der Waals surface area contributed by atoms with Crippen LogP contribution >= 0.6 is 0 Å². The highest BCUT2D eigenvalue weighted by molar-refractivity contribution is 6.50. The zero-order valence-corrected chi connectivity index (χ0v) is 12.1. The van der Waals surface area contributed by atoms with Gasteiger partial charge in [0, 0.05) is 12.1 Å². The van der Waals surface area contributed by atoms with Crippen molar-refractivity contribution >= 4 is 28.7 Å². The first-order chi connectivity index (χ1) is 9.96. The van der Waals surface area contributed by atoms with Crippen LogP contribution in [0, 0.1) is 0 Å². The summed E-state index contributed by atoms with van der Waals surface area (Å²) in [6.07, 6.45) is 1.28. The van der Waals surface area contributed by atoms with Crippen LogP contribution in [0.4, 0.5) is 11.4 Å². The Morgan fingerprint density at radius 1 is 1.14 bits per heavy atom. The molecular weight excluding hydrogens is 272 g/mol. The second-order valence-corrected chi connectivity index (χ2v) is 4.62. The van der Waals surface area contributed by atoms with Gasteiger partial charge in [-0.25, -0.2) is 4.99 Å². The maximum absolute atomic E-state index is 11.9. The van der Waals surface area contributed by atoms with E-state index in [1.807, 2.05) is 0 Å². The van der Waals surface area contributed by atoms with E-state index in [1.54, 1.807) is 19.1 Å². The molecule has 1 aliphatic rings. The number of anilines is 1. The summed E-state index contributed by atoms with van der Waals surface area (Å²) in [5.74, 6) is 0.448. The van der Waals surface area contributed by atoms with Crippen molar-refractivity contribution in [3.63, 3.8) is 0 Å². The molecule has 0 fully saturated rings. The third-order valence-corrected chi connectivity index (χ3v) is 3.19. The zero-order valence-electron chi connectivity index (χ0n) is 12.1. The molecule has 0 saturated heterocycles. The van der Waals surface area contributed by atoms with E-state index in [0.717, 1.165) is 0 Å². The number of aliphatic imine (C=N–C) groups is 1. The monoisotopic (exact) mass is 288 g/mol. The van der Waals surface area contributed by atoms with Gasteiger partial charge in [0.2, 0.25) is 5.78 Å². The fourth-order valence-corrected chi connectivity index (χ4v) is 1.97. The third-order valence-electron chi connectivity index (χ3n) is 3.19. The molecule has 1 aromatic carbocycles. The number of hydrogen-bond donors (Lipinski definition) is 1. The third kappa shape index (κ3) is 2.94. The molecule has 1 aliphatic carbocycles. The smallest absolute Gasteiger partial charge is 0.200 e. The molecule has 0 unspecified atom stereocenters. The molecule has 110 valence electrons. The Kier molecular flexibility index (Phi) is 4.07. The Hall–Kier alpha value is -2.63. The number of carbonyl (C=O) groups is 2. The van der Waals surface area contributed by atoms with E-state index in [0.29, 0.717) is 28.4 Å². The zero-order chi connectivity index (χ0) is 15.6. The highest BCUT2D eigenvalue weighted by atomic mass is 16.5. The van der Waals surface area contributed by atoms with Crippen LogP contribution in [0.5, 0.6) is 11.5 Å². The first-order valence-corrected chi connectivity index (χ1v) is 6.31. The predicted molar refractivity (Wildman–Crippen MR) is 79.4 cm³/mol. The second-order valence-electron chi connectivity index (χ2n) is 4.62. The minimum absolute atomic E-state index is 0.0169. The van der Waals surface area contributed by atoms with E-state index < -0.39 is 0 Å². The van der Waals surface area contributed by atoms with Crippen molar-refractivity contribution in [2.45, 2.75) is 13.3 Å². The van der Waals surface area contributed by atoms with Gasteiger partial charge in [-0.05, 0) is 18.6 Å². The summed E-state index contributed by atoms with van der Waals surface area (Å²) in [6, 6.07) is 3.14. The standard InChI is InChI=1S/C15H16N2O4/c1-8-4-13(19)10(6-12(8)18)17-11-7-14(20-2)9(16)5-15(11)21-3/h4-5,7H,6,16H2,1-3H3. The van der Waals surface area contributed by atoms with Crippen molar-refractivity contribution < 1.29 is 19.1 Å². The van der Waals surface area contributed by atoms with Crippen molar-refractivity contribution in [1.82, 2.24) is 0 Å². The number of rotatable bonds is 3. The number of Topliss-reactive ketones (excluding diaryl/α,β-unsaturated/α-hetero) is 1. The summed E-state index contributed by atoms with van der Waals surface area (Å²) in [5, 5.41) is 0. The number of nitrogens with two attached hydrogens (primary N) is 1. The summed E-state index contributed by atoms with van der Waals surface area (Å²) in [6.45, 7) is 1.61. The van der Waals surface area contributed by atoms with Gasteiger partial charge in [0.15, 0.2) is 5.78 Å². The highest BCUT2D eigenvalue weighted by Crippen LogP contribution is 2.37. The number of ether oxygens (including phenoxy) is 2. The van der Waals surface area contributed by atoms with Gasteiger partial charge >= 0.3 is 0 Å². The van der Waals surface area contributed by atoms with E-state index in [1.165, 1.54) is 20.3 Å². The number of hydrogen-bond acceptors (Lipinski definition) is 6. The summed E-state index contributed by atoms with van der Waals surface area (Å²) >= 11 is 0. The Bertz CT molecular complexity index is 674. The van der Waals surface area contributed by atoms with Crippen LogP contribution in [0.1, 0.15) is 13.3 Å². The van der Waals surface area contributed by atoms with Crippen LogP contribution in [0.3, 0.4) is 0 Å². The molecule has 0 aliphatic heterocycles. The molecule has 0 bridgehead atoms. The van der Waals surface area contributed by atoms with E-state index in [2.05, 4.69) is 4.99 Å². The van der Waals surface area contributed by atoms with Gasteiger partial charge in [-0.2, -0.15) is 0 Å². The number of ketones is 2. The van der Waals surface area contributed by atoms with E-state index in [4.69, 9.17) is 15.2 Å². The first kappa shape index (κ1) is 14.8. The fraction of sp³-hybridized carbons (Fsp3) is 0.267. The van der Waals surface area contributed by atoms with Crippen LogP contribution in [-0.2, 0) is 9.59 Å². The number of nitrogen functional groups attached to an aromatic ring is 1. The number of allylic oxidation sites excluding steroid dienone is 2. The van der Waals surface area contributed by atoms with Crippen LogP contribution in [-0.4, -0.2) is 31.5 Å². The van der Waals surface area contributed by atoms with Crippen molar-refractivity contribution in [2.75, 3.05) is 20.0 Å². The van der Waals surface area contributed by atoms with Gasteiger partial charge in [0.1, 0.15) is 17.2 Å². The molecule has 0 saturated carbocycles. The van der Waals surface area contributed by atoms with Crippen molar-refractivity contribution in [1.29, 1.82) is 0 Å². The lowest BCUT2D eigenvalue weighted by molar-refractivity contribution is -0.116. The lowest BCUT2D eigenvalue weighted by atomic mass is 9.96. The molecule has 2 N–H and O–H groups in total. The first-order valence-electron chi connectivity index (χ1n) is 6.31. The summed E-state index contributed by atoms with van der Waals surface area (Å²) < 4.78 is 10.3. The molecule has 0 spiro atoms. The Labute approximate surface area is 122 Å². The average molecular weight is 288 g/mol. The van der Waals surface area contributed by atoms with Gasteiger partial charge in [0.05, 0.1) is 32.0 Å². The largest absolute Gasteiger partial charge is 0.495 e. The van der Waals surface area contributed by atoms with Crippen LogP contribution in [0.15, 0.2) is 28.8 Å². The highest BCUT2D eigenvalue weighted by Gasteiger charge is 2.22. The molecule has 0 radical (unpaired) electrons. The normalized spacial score (nSPS) is 16.9. The molecule has 21 heavy (non-hydrogen) atoms. The Morgan fingerprint density at radius 2 is 1.81 bits per heavy atom. The molecule has 0 aromatic heterocycles. The SMILES string of the molecule is COc1cc(N=C2CC(=O)C(C)=CC2=O)c(OC)cc1N. The predicted octanol–water partition coefficient (Wildman–Crippen LogP) is 1.85. The molecule has 2 rings (SSSR count). The molecule has 1 aromatic rings. The van der Waals surface area contributed by atoms with Gasteiger partial charge in [0.25, 0.3) is 0 Å². The second kappa shape index (κ2) is 5.78.